The van der Waals surface area contributed by atoms with Gasteiger partial charge >= 0.3 is 0 Å². The van der Waals surface area contributed by atoms with E-state index in [0.29, 0.717) is 0 Å². The van der Waals surface area contributed by atoms with Crippen LogP contribution >= 0.6 is 11.8 Å². The number of rotatable bonds is 3. The molecule has 90 valence electrons. The summed E-state index contributed by atoms with van der Waals surface area (Å²) in [6.45, 7) is -0.106. The van der Waals surface area contributed by atoms with Crippen LogP contribution in [0, 0.1) is 11.8 Å². The highest BCUT2D eigenvalue weighted by atomic mass is 32.2. The molecular weight excluding hydrogens is 244 g/mol. The van der Waals surface area contributed by atoms with E-state index in [1.165, 1.54) is 5.56 Å². The Labute approximate surface area is 110 Å². The van der Waals surface area contributed by atoms with Crippen LogP contribution in [0.2, 0.25) is 0 Å². The number of hydrogen-bond donors (Lipinski definition) is 1. The zero-order valence-electron chi connectivity index (χ0n) is 9.71. The molecule has 0 aliphatic carbocycles. The van der Waals surface area contributed by atoms with Crippen LogP contribution in [-0.4, -0.2) is 21.7 Å². The van der Waals surface area contributed by atoms with Crippen molar-refractivity contribution in [3.05, 3.63) is 54.0 Å². The maximum atomic E-state index is 8.60. The Morgan fingerprint density at radius 3 is 2.67 bits per heavy atom. The molecule has 0 aliphatic rings. The molecule has 1 aromatic heterocycles. The Morgan fingerprint density at radius 2 is 2.00 bits per heavy atom. The highest BCUT2D eigenvalue weighted by Crippen LogP contribution is 2.19. The Balaban J connectivity index is 1.94. The Morgan fingerprint density at radius 1 is 1.17 bits per heavy atom. The SMILES string of the molecule is OCC#Cc1ccc(CSc2ccncn2)cc1. The first kappa shape index (κ1) is 12.6. The molecule has 0 saturated heterocycles. The summed E-state index contributed by atoms with van der Waals surface area (Å²) in [5.41, 5.74) is 2.13. The third-order valence-corrected chi connectivity index (χ3v) is 3.22. The van der Waals surface area contributed by atoms with Crippen LogP contribution in [0.25, 0.3) is 0 Å². The maximum absolute atomic E-state index is 8.60. The van der Waals surface area contributed by atoms with E-state index in [1.807, 2.05) is 30.3 Å². The molecule has 0 amide bonds. The molecule has 0 saturated carbocycles. The molecule has 2 aromatic rings. The van der Waals surface area contributed by atoms with E-state index in [2.05, 4.69) is 21.8 Å². The van der Waals surface area contributed by atoms with Crippen molar-refractivity contribution in [3.63, 3.8) is 0 Å². The van der Waals surface area contributed by atoms with Gasteiger partial charge < -0.3 is 5.11 Å². The minimum absolute atomic E-state index is 0.106. The quantitative estimate of drug-likeness (QED) is 0.519. The van der Waals surface area contributed by atoms with E-state index in [9.17, 15) is 0 Å². The highest BCUT2D eigenvalue weighted by Gasteiger charge is 1.97. The molecule has 1 aromatic carbocycles. The van der Waals surface area contributed by atoms with Crippen molar-refractivity contribution in [2.75, 3.05) is 6.61 Å². The predicted octanol–water partition coefficient (Wildman–Crippen LogP) is 2.11. The molecule has 0 bridgehead atoms. The Kier molecular flexibility index (Phi) is 4.77. The summed E-state index contributed by atoms with van der Waals surface area (Å²) >= 11 is 1.67. The van der Waals surface area contributed by atoms with Gasteiger partial charge in [-0.2, -0.15) is 0 Å². The molecule has 0 radical (unpaired) electrons. The Hall–Kier alpha value is -1.83. The molecule has 0 fully saturated rings. The lowest BCUT2D eigenvalue weighted by atomic mass is 10.1. The number of benzene rings is 1. The van der Waals surface area contributed by atoms with Crippen LogP contribution in [0.1, 0.15) is 11.1 Å². The highest BCUT2D eigenvalue weighted by molar-refractivity contribution is 7.98. The van der Waals surface area contributed by atoms with Crippen molar-refractivity contribution >= 4 is 11.8 Å². The number of thioether (sulfide) groups is 1. The van der Waals surface area contributed by atoms with Crippen molar-refractivity contribution in [2.45, 2.75) is 10.8 Å². The fraction of sp³-hybridized carbons (Fsp3) is 0.143. The summed E-state index contributed by atoms with van der Waals surface area (Å²) < 4.78 is 0. The average molecular weight is 256 g/mol. The van der Waals surface area contributed by atoms with Crippen molar-refractivity contribution in [1.29, 1.82) is 0 Å². The van der Waals surface area contributed by atoms with Crippen molar-refractivity contribution in [3.8, 4) is 11.8 Å². The minimum Gasteiger partial charge on any atom is -0.384 e. The minimum atomic E-state index is -0.106. The lowest BCUT2D eigenvalue weighted by molar-refractivity contribution is 0.350. The van der Waals surface area contributed by atoms with E-state index in [1.54, 1.807) is 24.3 Å². The van der Waals surface area contributed by atoms with Crippen molar-refractivity contribution in [2.24, 2.45) is 0 Å². The normalized spacial score (nSPS) is 9.61. The van der Waals surface area contributed by atoms with Crippen molar-refractivity contribution < 1.29 is 5.11 Å². The second-order valence-electron chi connectivity index (χ2n) is 3.49. The van der Waals surface area contributed by atoms with Gasteiger partial charge in [0.25, 0.3) is 0 Å². The average Bonchev–Trinajstić information content (AvgIpc) is 2.45. The summed E-state index contributed by atoms with van der Waals surface area (Å²) in [6.07, 6.45) is 3.29. The van der Waals surface area contributed by atoms with Gasteiger partial charge in [0.15, 0.2) is 0 Å². The third-order valence-electron chi connectivity index (χ3n) is 2.21. The molecule has 2 rings (SSSR count). The van der Waals surface area contributed by atoms with Crippen molar-refractivity contribution in [1.82, 2.24) is 9.97 Å². The number of aliphatic hydroxyl groups is 1. The lowest BCUT2D eigenvalue weighted by Crippen LogP contribution is -1.84. The Bertz CT molecular complexity index is 544. The fourth-order valence-corrected chi connectivity index (χ4v) is 2.13. The van der Waals surface area contributed by atoms with Gasteiger partial charge in [-0.05, 0) is 23.8 Å². The second kappa shape index (κ2) is 6.80. The van der Waals surface area contributed by atoms with Crippen LogP contribution in [0.5, 0.6) is 0 Å². The maximum Gasteiger partial charge on any atom is 0.116 e. The van der Waals surface area contributed by atoms with Crippen LogP contribution < -0.4 is 0 Å². The third kappa shape index (κ3) is 3.88. The molecule has 0 aliphatic heterocycles. The molecule has 0 atom stereocenters. The molecule has 3 nitrogen and oxygen atoms in total. The topological polar surface area (TPSA) is 46.0 Å². The smallest absolute Gasteiger partial charge is 0.116 e. The lowest BCUT2D eigenvalue weighted by Gasteiger charge is -2.01. The molecule has 0 spiro atoms. The number of aliphatic hydroxyl groups excluding tert-OH is 1. The molecule has 18 heavy (non-hydrogen) atoms. The number of aromatic nitrogens is 2. The predicted molar refractivity (Wildman–Crippen MR) is 72.0 cm³/mol. The first-order valence-corrected chi connectivity index (χ1v) is 6.44. The van der Waals surface area contributed by atoms with E-state index in [0.717, 1.165) is 16.3 Å². The van der Waals surface area contributed by atoms with Gasteiger partial charge in [-0.1, -0.05) is 24.0 Å². The molecule has 4 heteroatoms. The molecular formula is C14H12N2OS. The van der Waals surface area contributed by atoms with Crippen LogP contribution in [0.3, 0.4) is 0 Å². The molecule has 1 N–H and O–H groups in total. The first-order valence-electron chi connectivity index (χ1n) is 5.46. The van der Waals surface area contributed by atoms with Gasteiger partial charge in [-0.15, -0.1) is 11.8 Å². The summed E-state index contributed by atoms with van der Waals surface area (Å²) in [6, 6.07) is 9.88. The van der Waals surface area contributed by atoms with Crippen LogP contribution in [0.4, 0.5) is 0 Å². The largest absolute Gasteiger partial charge is 0.384 e. The summed E-state index contributed by atoms with van der Waals surface area (Å²) in [7, 11) is 0. The van der Waals surface area contributed by atoms with E-state index in [-0.39, 0.29) is 6.61 Å². The summed E-state index contributed by atoms with van der Waals surface area (Å²) in [5, 5.41) is 9.57. The number of hydrogen-bond acceptors (Lipinski definition) is 4. The standard InChI is InChI=1S/C14H12N2OS/c17-9-1-2-12-3-5-13(6-4-12)10-18-14-7-8-15-11-16-14/h3-8,11,17H,9-10H2. The van der Waals surface area contributed by atoms with Gasteiger partial charge in [0.2, 0.25) is 0 Å². The summed E-state index contributed by atoms with van der Waals surface area (Å²) in [5.74, 6) is 6.36. The molecule has 0 unspecified atom stereocenters. The second-order valence-corrected chi connectivity index (χ2v) is 4.49. The summed E-state index contributed by atoms with van der Waals surface area (Å²) in [4.78, 5) is 8.03. The van der Waals surface area contributed by atoms with E-state index < -0.39 is 0 Å². The van der Waals surface area contributed by atoms with Crippen LogP contribution in [0.15, 0.2) is 47.9 Å². The first-order chi connectivity index (χ1) is 8.88. The van der Waals surface area contributed by atoms with Gasteiger partial charge in [0.05, 0.1) is 5.03 Å². The van der Waals surface area contributed by atoms with E-state index >= 15 is 0 Å². The fourth-order valence-electron chi connectivity index (χ4n) is 1.35. The van der Waals surface area contributed by atoms with Gasteiger partial charge in [-0.3, -0.25) is 0 Å². The van der Waals surface area contributed by atoms with E-state index in [4.69, 9.17) is 5.11 Å². The zero-order chi connectivity index (χ0) is 12.6. The van der Waals surface area contributed by atoms with Gasteiger partial charge in [-0.25, -0.2) is 9.97 Å². The van der Waals surface area contributed by atoms with Gasteiger partial charge in [0.1, 0.15) is 12.9 Å². The monoisotopic (exact) mass is 256 g/mol. The van der Waals surface area contributed by atoms with Gasteiger partial charge in [0, 0.05) is 17.5 Å². The zero-order valence-corrected chi connectivity index (χ0v) is 10.5. The molecule has 1 heterocycles. The van der Waals surface area contributed by atoms with Crippen LogP contribution in [-0.2, 0) is 5.75 Å². The number of nitrogens with zero attached hydrogens (tertiary/aromatic N) is 2.